The van der Waals surface area contributed by atoms with E-state index in [1.165, 1.54) is 27.2 Å². The monoisotopic (exact) mass is 250 g/mol. The third kappa shape index (κ3) is 1.99. The first-order valence-corrected chi connectivity index (χ1v) is 6.78. The van der Waals surface area contributed by atoms with Crippen molar-refractivity contribution in [1.82, 2.24) is 0 Å². The zero-order chi connectivity index (χ0) is 13.6. The van der Waals surface area contributed by atoms with E-state index in [-0.39, 0.29) is 5.41 Å². The number of benzene rings is 2. The highest BCUT2D eigenvalue weighted by molar-refractivity contribution is 6.04. The quantitative estimate of drug-likeness (QED) is 0.417. The zero-order valence-corrected chi connectivity index (χ0v) is 12.1. The minimum atomic E-state index is 0.184. The number of aryl methyl sites for hydroxylation is 1. The number of rotatable bonds is 0. The molecule has 3 rings (SSSR count). The van der Waals surface area contributed by atoms with Crippen molar-refractivity contribution in [2.45, 2.75) is 26.2 Å². The molecular formula is C18H20N+. The molecule has 0 spiro atoms. The Bertz CT molecular complexity index is 764. The standard InChI is InChI=1S/C18H20N/c1-18(2,3)14-9-10-17-16(11-14)15-8-6-5-7-13(15)12-19(17)4/h5-12H,1-4H3/q+1. The van der Waals surface area contributed by atoms with Gasteiger partial charge in [-0.3, -0.25) is 0 Å². The van der Waals surface area contributed by atoms with Gasteiger partial charge in [-0.2, -0.15) is 0 Å². The molecule has 0 atom stereocenters. The van der Waals surface area contributed by atoms with Gasteiger partial charge in [0.25, 0.3) is 0 Å². The molecule has 0 aliphatic rings. The van der Waals surface area contributed by atoms with Crippen LogP contribution in [0.4, 0.5) is 0 Å². The summed E-state index contributed by atoms with van der Waals surface area (Å²) in [6.07, 6.45) is 2.20. The second kappa shape index (κ2) is 4.06. The van der Waals surface area contributed by atoms with E-state index in [0.717, 1.165) is 0 Å². The highest BCUT2D eigenvalue weighted by Crippen LogP contribution is 2.28. The molecule has 0 aliphatic heterocycles. The van der Waals surface area contributed by atoms with Crippen LogP contribution in [-0.2, 0) is 12.5 Å². The fraction of sp³-hybridized carbons (Fsp3) is 0.278. The summed E-state index contributed by atoms with van der Waals surface area (Å²) >= 11 is 0. The first-order chi connectivity index (χ1) is 8.97. The van der Waals surface area contributed by atoms with Crippen LogP contribution in [0.1, 0.15) is 26.3 Å². The number of fused-ring (bicyclic) bond motifs is 3. The third-order valence-electron chi connectivity index (χ3n) is 3.83. The molecule has 0 bridgehead atoms. The summed E-state index contributed by atoms with van der Waals surface area (Å²) in [6, 6.07) is 15.4. The molecular weight excluding hydrogens is 230 g/mol. The van der Waals surface area contributed by atoms with E-state index in [0.29, 0.717) is 0 Å². The average Bonchev–Trinajstić information content (AvgIpc) is 2.37. The molecule has 0 amide bonds. The molecule has 1 nitrogen and oxygen atoms in total. The number of hydrogen-bond donors (Lipinski definition) is 0. The molecule has 96 valence electrons. The Hall–Kier alpha value is -1.89. The SMILES string of the molecule is C[n+]1cc2ccccc2c2cc(C(C)(C)C)ccc21. The molecule has 0 radical (unpaired) electrons. The van der Waals surface area contributed by atoms with Gasteiger partial charge in [0.1, 0.15) is 7.05 Å². The topological polar surface area (TPSA) is 3.88 Å². The van der Waals surface area contributed by atoms with Crippen LogP contribution in [0.3, 0.4) is 0 Å². The summed E-state index contributed by atoms with van der Waals surface area (Å²) in [4.78, 5) is 0. The third-order valence-corrected chi connectivity index (χ3v) is 3.83. The van der Waals surface area contributed by atoms with Crippen LogP contribution in [-0.4, -0.2) is 0 Å². The van der Waals surface area contributed by atoms with E-state index in [1.54, 1.807) is 0 Å². The largest absolute Gasteiger partial charge is 0.212 e. The smallest absolute Gasteiger partial charge is 0.200 e. The number of pyridine rings is 1. The Kier molecular flexibility index (Phi) is 2.60. The van der Waals surface area contributed by atoms with Crippen molar-refractivity contribution in [2.75, 3.05) is 0 Å². The molecule has 3 aromatic rings. The highest BCUT2D eigenvalue weighted by Gasteiger charge is 2.17. The second-order valence-electron chi connectivity index (χ2n) is 6.31. The van der Waals surface area contributed by atoms with Crippen molar-refractivity contribution in [1.29, 1.82) is 0 Å². The Labute approximate surface area is 114 Å². The summed E-state index contributed by atoms with van der Waals surface area (Å²) in [5.74, 6) is 0. The van der Waals surface area contributed by atoms with Gasteiger partial charge in [-0.15, -0.1) is 0 Å². The Morgan fingerprint density at radius 2 is 1.63 bits per heavy atom. The molecule has 1 aromatic heterocycles. The van der Waals surface area contributed by atoms with Crippen LogP contribution in [0.5, 0.6) is 0 Å². The van der Waals surface area contributed by atoms with Crippen molar-refractivity contribution in [3.8, 4) is 0 Å². The van der Waals surface area contributed by atoms with Crippen molar-refractivity contribution in [2.24, 2.45) is 7.05 Å². The summed E-state index contributed by atoms with van der Waals surface area (Å²) in [6.45, 7) is 6.79. The van der Waals surface area contributed by atoms with E-state index in [2.05, 4.69) is 81.0 Å². The minimum absolute atomic E-state index is 0.184. The molecule has 0 unspecified atom stereocenters. The summed E-state index contributed by atoms with van der Waals surface area (Å²) in [5, 5.41) is 3.97. The molecule has 0 N–H and O–H groups in total. The van der Waals surface area contributed by atoms with Gasteiger partial charge >= 0.3 is 0 Å². The maximum Gasteiger partial charge on any atom is 0.212 e. The van der Waals surface area contributed by atoms with Crippen molar-refractivity contribution < 1.29 is 4.57 Å². The van der Waals surface area contributed by atoms with E-state index in [9.17, 15) is 0 Å². The average molecular weight is 250 g/mol. The van der Waals surface area contributed by atoms with Crippen LogP contribution >= 0.6 is 0 Å². The Morgan fingerprint density at radius 3 is 2.37 bits per heavy atom. The van der Waals surface area contributed by atoms with Crippen molar-refractivity contribution in [3.63, 3.8) is 0 Å². The molecule has 19 heavy (non-hydrogen) atoms. The van der Waals surface area contributed by atoms with Crippen molar-refractivity contribution >= 4 is 21.7 Å². The second-order valence-corrected chi connectivity index (χ2v) is 6.31. The van der Waals surface area contributed by atoms with E-state index in [4.69, 9.17) is 0 Å². The van der Waals surface area contributed by atoms with Gasteiger partial charge in [0.05, 0.1) is 5.39 Å². The number of hydrogen-bond acceptors (Lipinski definition) is 0. The molecule has 0 saturated heterocycles. The maximum absolute atomic E-state index is 2.34. The maximum atomic E-state index is 2.34. The first-order valence-electron chi connectivity index (χ1n) is 6.78. The van der Waals surface area contributed by atoms with Crippen LogP contribution in [0.2, 0.25) is 0 Å². The van der Waals surface area contributed by atoms with Gasteiger partial charge in [0.2, 0.25) is 5.52 Å². The predicted octanol–water partition coefficient (Wildman–Crippen LogP) is 4.12. The fourth-order valence-corrected chi connectivity index (χ4v) is 2.66. The van der Waals surface area contributed by atoms with E-state index >= 15 is 0 Å². The van der Waals surface area contributed by atoms with Gasteiger partial charge in [0.15, 0.2) is 6.20 Å². The molecule has 2 aromatic carbocycles. The molecule has 0 aliphatic carbocycles. The number of nitrogens with zero attached hydrogens (tertiary/aromatic N) is 1. The number of aromatic nitrogens is 1. The normalized spacial score (nSPS) is 12.2. The molecule has 1 heterocycles. The van der Waals surface area contributed by atoms with Crippen molar-refractivity contribution in [3.05, 3.63) is 54.2 Å². The van der Waals surface area contributed by atoms with Gasteiger partial charge in [-0.05, 0) is 23.1 Å². The van der Waals surface area contributed by atoms with Gasteiger partial charge in [0, 0.05) is 16.8 Å². The van der Waals surface area contributed by atoms with Crippen LogP contribution < -0.4 is 4.57 Å². The summed E-state index contributed by atoms with van der Waals surface area (Å²) in [7, 11) is 2.12. The highest BCUT2D eigenvalue weighted by atomic mass is 14.9. The van der Waals surface area contributed by atoms with E-state index in [1.807, 2.05) is 0 Å². The lowest BCUT2D eigenvalue weighted by atomic mass is 9.86. The van der Waals surface area contributed by atoms with Gasteiger partial charge in [-0.25, -0.2) is 4.57 Å². The lowest BCUT2D eigenvalue weighted by Gasteiger charge is -2.19. The fourth-order valence-electron chi connectivity index (χ4n) is 2.66. The lowest BCUT2D eigenvalue weighted by molar-refractivity contribution is -0.643. The Morgan fingerprint density at radius 1 is 0.895 bits per heavy atom. The van der Waals surface area contributed by atoms with Crippen LogP contribution in [0, 0.1) is 0 Å². The predicted molar refractivity (Wildman–Crippen MR) is 81.3 cm³/mol. The summed E-state index contributed by atoms with van der Waals surface area (Å²) in [5.41, 5.74) is 2.85. The zero-order valence-electron chi connectivity index (χ0n) is 12.1. The molecule has 0 fully saturated rings. The van der Waals surface area contributed by atoms with Crippen LogP contribution in [0.15, 0.2) is 48.7 Å². The summed E-state index contributed by atoms with van der Waals surface area (Å²) < 4.78 is 2.21. The van der Waals surface area contributed by atoms with Gasteiger partial charge in [-0.1, -0.05) is 45.0 Å². The first kappa shape index (κ1) is 12.2. The van der Waals surface area contributed by atoms with Gasteiger partial charge < -0.3 is 0 Å². The Balaban J connectivity index is 2.46. The van der Waals surface area contributed by atoms with E-state index < -0.39 is 0 Å². The minimum Gasteiger partial charge on any atom is -0.200 e. The van der Waals surface area contributed by atoms with Crippen LogP contribution in [0.25, 0.3) is 21.7 Å². The molecule has 1 heteroatoms. The molecule has 0 saturated carbocycles. The lowest BCUT2D eigenvalue weighted by Crippen LogP contribution is -2.28.